The predicted molar refractivity (Wildman–Crippen MR) is 78.3 cm³/mol. The molecule has 0 saturated heterocycles. The monoisotopic (exact) mass is 352 g/mol. The van der Waals surface area contributed by atoms with Crippen molar-refractivity contribution in [3.05, 3.63) is 56.9 Å². The van der Waals surface area contributed by atoms with Crippen LogP contribution in [0.1, 0.15) is 11.1 Å². The van der Waals surface area contributed by atoms with Crippen molar-refractivity contribution in [1.29, 1.82) is 5.26 Å². The molecule has 0 amide bonds. The first-order chi connectivity index (χ1) is 8.61. The lowest BCUT2D eigenvalue weighted by atomic mass is 10.1. The van der Waals surface area contributed by atoms with Gasteiger partial charge in [0.15, 0.2) is 0 Å². The molecule has 0 aromatic heterocycles. The van der Waals surface area contributed by atoms with E-state index in [9.17, 15) is 4.39 Å². The molecule has 0 heterocycles. The van der Waals surface area contributed by atoms with E-state index in [1.54, 1.807) is 12.1 Å². The zero-order valence-corrected chi connectivity index (χ0v) is 11.8. The summed E-state index contributed by atoms with van der Waals surface area (Å²) in [6.45, 7) is 1.93. The van der Waals surface area contributed by atoms with Crippen LogP contribution in [-0.2, 0) is 0 Å². The maximum atomic E-state index is 13.0. The highest BCUT2D eigenvalue weighted by molar-refractivity contribution is 14.1. The quantitative estimate of drug-likeness (QED) is 0.816. The second-order valence-electron chi connectivity index (χ2n) is 3.86. The maximum absolute atomic E-state index is 13.0. The summed E-state index contributed by atoms with van der Waals surface area (Å²) in [7, 11) is 0. The molecule has 0 aliphatic heterocycles. The molecule has 18 heavy (non-hydrogen) atoms. The van der Waals surface area contributed by atoms with E-state index >= 15 is 0 Å². The smallest absolute Gasteiger partial charge is 0.124 e. The summed E-state index contributed by atoms with van der Waals surface area (Å²) in [5.41, 5.74) is 3.12. The predicted octanol–water partition coefficient (Wildman–Crippen LogP) is 4.35. The molecule has 0 aliphatic rings. The van der Waals surface area contributed by atoms with Crippen LogP contribution in [0.15, 0.2) is 36.4 Å². The first-order valence-electron chi connectivity index (χ1n) is 5.33. The highest BCUT2D eigenvalue weighted by Gasteiger charge is 2.07. The second kappa shape index (κ2) is 5.36. The maximum Gasteiger partial charge on any atom is 0.124 e. The third-order valence-electron chi connectivity index (χ3n) is 2.58. The Hall–Kier alpha value is -1.61. The van der Waals surface area contributed by atoms with Crippen molar-refractivity contribution in [2.24, 2.45) is 0 Å². The van der Waals surface area contributed by atoms with Gasteiger partial charge in [-0.3, -0.25) is 0 Å². The minimum absolute atomic E-state index is 0.268. The number of nitrogens with zero attached hydrogens (tertiary/aromatic N) is 1. The van der Waals surface area contributed by atoms with E-state index in [4.69, 9.17) is 5.26 Å². The third kappa shape index (κ3) is 2.62. The number of rotatable bonds is 2. The Labute approximate surface area is 119 Å². The normalized spacial score (nSPS) is 9.89. The molecule has 0 unspecified atom stereocenters. The van der Waals surface area contributed by atoms with Gasteiger partial charge >= 0.3 is 0 Å². The molecule has 2 aromatic rings. The molecule has 0 atom stereocenters. The number of benzene rings is 2. The lowest BCUT2D eigenvalue weighted by molar-refractivity contribution is 0.627. The summed E-state index contributed by atoms with van der Waals surface area (Å²) < 4.78 is 13.8. The van der Waals surface area contributed by atoms with E-state index in [2.05, 4.69) is 34.0 Å². The van der Waals surface area contributed by atoms with Gasteiger partial charge in [-0.25, -0.2) is 4.39 Å². The van der Waals surface area contributed by atoms with Crippen LogP contribution in [0.3, 0.4) is 0 Å². The van der Waals surface area contributed by atoms with Crippen LogP contribution >= 0.6 is 22.6 Å². The molecule has 90 valence electrons. The fourth-order valence-electron chi connectivity index (χ4n) is 1.65. The Morgan fingerprint density at radius 3 is 2.72 bits per heavy atom. The van der Waals surface area contributed by atoms with Crippen molar-refractivity contribution in [3.63, 3.8) is 0 Å². The molecule has 4 heteroatoms. The van der Waals surface area contributed by atoms with E-state index in [1.165, 1.54) is 12.1 Å². The summed E-state index contributed by atoms with van der Waals surface area (Å²) in [4.78, 5) is 0. The van der Waals surface area contributed by atoms with Crippen molar-refractivity contribution in [2.45, 2.75) is 6.92 Å². The van der Waals surface area contributed by atoms with Crippen LogP contribution in [0.25, 0.3) is 0 Å². The fourth-order valence-corrected chi connectivity index (χ4v) is 2.26. The summed E-state index contributed by atoms with van der Waals surface area (Å²) in [5.74, 6) is -0.268. The van der Waals surface area contributed by atoms with Gasteiger partial charge in [-0.05, 0) is 59.3 Å². The van der Waals surface area contributed by atoms with Gasteiger partial charge in [-0.15, -0.1) is 0 Å². The molecule has 2 aromatic carbocycles. The molecule has 0 aliphatic carbocycles. The van der Waals surface area contributed by atoms with Gasteiger partial charge in [0.25, 0.3) is 0 Å². The molecule has 0 bridgehead atoms. The first-order valence-corrected chi connectivity index (χ1v) is 6.41. The Morgan fingerprint density at radius 1 is 1.28 bits per heavy atom. The first kappa shape index (κ1) is 12.8. The Kier molecular flexibility index (Phi) is 3.82. The van der Waals surface area contributed by atoms with Crippen molar-refractivity contribution in [2.75, 3.05) is 5.32 Å². The largest absolute Gasteiger partial charge is 0.353 e. The van der Waals surface area contributed by atoms with Gasteiger partial charge in [0.2, 0.25) is 0 Å². The van der Waals surface area contributed by atoms with E-state index in [0.29, 0.717) is 5.56 Å². The van der Waals surface area contributed by atoms with Crippen LogP contribution in [0.4, 0.5) is 15.8 Å². The molecular weight excluding hydrogens is 342 g/mol. The van der Waals surface area contributed by atoms with Gasteiger partial charge in [0, 0.05) is 3.57 Å². The second-order valence-corrected chi connectivity index (χ2v) is 5.02. The molecule has 2 nitrogen and oxygen atoms in total. The van der Waals surface area contributed by atoms with E-state index in [-0.39, 0.29) is 5.82 Å². The average Bonchev–Trinajstić information content (AvgIpc) is 2.34. The number of anilines is 2. The Balaban J connectivity index is 2.43. The van der Waals surface area contributed by atoms with Gasteiger partial charge < -0.3 is 5.32 Å². The molecule has 2 rings (SSSR count). The van der Waals surface area contributed by atoms with Gasteiger partial charge in [0.1, 0.15) is 11.9 Å². The number of nitrogens with one attached hydrogen (secondary N) is 1. The number of hydrogen-bond acceptors (Lipinski definition) is 2. The number of halogens is 2. The average molecular weight is 352 g/mol. The summed E-state index contributed by atoms with van der Waals surface area (Å²) in [5, 5.41) is 12.3. The third-order valence-corrected chi connectivity index (χ3v) is 3.48. The number of aryl methyl sites for hydroxylation is 1. The zero-order chi connectivity index (χ0) is 13.1. The minimum atomic E-state index is -0.268. The van der Waals surface area contributed by atoms with Crippen molar-refractivity contribution in [3.8, 4) is 6.07 Å². The summed E-state index contributed by atoms with van der Waals surface area (Å²) in [6.07, 6.45) is 0. The van der Waals surface area contributed by atoms with Crippen LogP contribution in [0.5, 0.6) is 0 Å². The van der Waals surface area contributed by atoms with Crippen LogP contribution in [-0.4, -0.2) is 0 Å². The number of para-hydroxylation sites is 1. The zero-order valence-electron chi connectivity index (χ0n) is 9.67. The topological polar surface area (TPSA) is 35.8 Å². The number of nitriles is 1. The molecule has 0 saturated carbocycles. The molecule has 0 spiro atoms. The van der Waals surface area contributed by atoms with Crippen molar-refractivity contribution >= 4 is 34.0 Å². The standard InChI is InChI=1S/C14H10FIN2/c1-9-3-2-4-10(8-17)14(9)18-13-6-5-11(15)7-12(13)16/h2-7,18H,1H3. The van der Waals surface area contributed by atoms with Crippen LogP contribution < -0.4 is 5.32 Å². The van der Waals surface area contributed by atoms with Crippen molar-refractivity contribution < 1.29 is 4.39 Å². The van der Waals surface area contributed by atoms with Gasteiger partial charge in [0.05, 0.1) is 16.9 Å². The summed E-state index contributed by atoms with van der Waals surface area (Å²) in [6, 6.07) is 12.2. The SMILES string of the molecule is Cc1cccc(C#N)c1Nc1ccc(F)cc1I. The highest BCUT2D eigenvalue weighted by Crippen LogP contribution is 2.27. The van der Waals surface area contributed by atoms with Crippen LogP contribution in [0, 0.1) is 27.6 Å². The molecule has 0 fully saturated rings. The van der Waals surface area contributed by atoms with Gasteiger partial charge in [-0.1, -0.05) is 12.1 Å². The Morgan fingerprint density at radius 2 is 2.06 bits per heavy atom. The number of hydrogen-bond donors (Lipinski definition) is 1. The summed E-state index contributed by atoms with van der Waals surface area (Å²) >= 11 is 2.06. The van der Waals surface area contributed by atoms with E-state index in [0.717, 1.165) is 20.5 Å². The van der Waals surface area contributed by atoms with Crippen molar-refractivity contribution in [1.82, 2.24) is 0 Å². The minimum Gasteiger partial charge on any atom is -0.353 e. The Bertz CT molecular complexity index is 632. The fraction of sp³-hybridized carbons (Fsp3) is 0.0714. The lowest BCUT2D eigenvalue weighted by Crippen LogP contribution is -1.98. The van der Waals surface area contributed by atoms with Crippen LogP contribution in [0.2, 0.25) is 0 Å². The van der Waals surface area contributed by atoms with Gasteiger partial charge in [-0.2, -0.15) is 5.26 Å². The molecular formula is C14H10FIN2. The lowest BCUT2D eigenvalue weighted by Gasteiger charge is -2.12. The van der Waals surface area contributed by atoms with E-state index < -0.39 is 0 Å². The van der Waals surface area contributed by atoms with E-state index in [1.807, 2.05) is 19.1 Å². The highest BCUT2D eigenvalue weighted by atomic mass is 127. The molecule has 0 radical (unpaired) electrons. The molecule has 1 N–H and O–H groups in total.